The van der Waals surface area contributed by atoms with Crippen LogP contribution in [0, 0.1) is 6.92 Å². The van der Waals surface area contributed by atoms with Crippen LogP contribution in [0.15, 0.2) is 0 Å². The molecule has 0 spiro atoms. The minimum Gasteiger partial charge on any atom is -0.393 e. The molecule has 0 saturated heterocycles. The fourth-order valence-corrected chi connectivity index (χ4v) is 0. The van der Waals surface area contributed by atoms with Crippen molar-refractivity contribution in [2.75, 3.05) is 6.61 Å². The van der Waals surface area contributed by atoms with E-state index in [4.69, 9.17) is 10.2 Å². The lowest BCUT2D eigenvalue weighted by Crippen LogP contribution is -2.23. The molecule has 0 aliphatic carbocycles. The zero-order valence-electron chi connectivity index (χ0n) is 3.81. The van der Waals surface area contributed by atoms with Crippen LogP contribution in [0.5, 0.6) is 0 Å². The highest BCUT2D eigenvalue weighted by Crippen LogP contribution is 1.94. The molecule has 0 bridgehead atoms. The van der Waals surface area contributed by atoms with E-state index in [2.05, 4.69) is 6.92 Å². The predicted octanol–water partition coefficient (Wildman–Crippen LogP) is -0.436. The quantitative estimate of drug-likeness (QED) is 0.457. The summed E-state index contributed by atoms with van der Waals surface area (Å²) in [5, 5.41) is 16.6. The Hall–Kier alpha value is -0.0800. The Kier molecular flexibility index (Phi) is 1.56. The van der Waals surface area contributed by atoms with Crippen molar-refractivity contribution in [3.8, 4) is 0 Å². The number of rotatable bonds is 1. The molecule has 0 fully saturated rings. The van der Waals surface area contributed by atoms with Crippen molar-refractivity contribution >= 4 is 0 Å². The van der Waals surface area contributed by atoms with E-state index >= 15 is 0 Å². The molecule has 0 aliphatic rings. The fourth-order valence-electron chi connectivity index (χ4n) is 0. The highest BCUT2D eigenvalue weighted by atomic mass is 16.3. The summed E-state index contributed by atoms with van der Waals surface area (Å²) in [6.07, 6.45) is 0. The van der Waals surface area contributed by atoms with Gasteiger partial charge in [0.05, 0.1) is 12.2 Å². The van der Waals surface area contributed by atoms with E-state index in [1.54, 1.807) is 0 Å². The van der Waals surface area contributed by atoms with Crippen LogP contribution in [0.2, 0.25) is 0 Å². The third-order valence-electron chi connectivity index (χ3n) is 0.341. The molecule has 0 aromatic heterocycles. The Bertz CT molecular complexity index is 35.3. The van der Waals surface area contributed by atoms with E-state index in [0.717, 1.165) is 0 Å². The molecule has 0 heterocycles. The molecule has 2 heteroatoms. The first-order chi connectivity index (χ1) is 2.56. The molecular formula is C4H9O2. The molecule has 0 aromatic carbocycles. The summed E-state index contributed by atoms with van der Waals surface area (Å²) in [5.74, 6) is 0. The second-order valence-electron chi connectivity index (χ2n) is 1.66. The summed E-state index contributed by atoms with van der Waals surface area (Å²) in [4.78, 5) is 0. The molecule has 1 atom stereocenters. The third-order valence-corrected chi connectivity index (χ3v) is 0.341. The van der Waals surface area contributed by atoms with Crippen molar-refractivity contribution < 1.29 is 10.2 Å². The van der Waals surface area contributed by atoms with Crippen molar-refractivity contribution in [3.63, 3.8) is 0 Å². The van der Waals surface area contributed by atoms with Gasteiger partial charge in [0.15, 0.2) is 0 Å². The molecule has 2 N–H and O–H groups in total. The lowest BCUT2D eigenvalue weighted by Gasteiger charge is -2.10. The molecular weight excluding hydrogens is 80.0 g/mol. The highest BCUT2D eigenvalue weighted by molar-refractivity contribution is 4.71. The molecule has 0 aliphatic heterocycles. The van der Waals surface area contributed by atoms with Gasteiger partial charge in [-0.15, -0.1) is 0 Å². The van der Waals surface area contributed by atoms with E-state index in [1.807, 2.05) is 0 Å². The largest absolute Gasteiger partial charge is 0.393 e. The molecule has 1 radical (unpaired) electrons. The zero-order valence-corrected chi connectivity index (χ0v) is 3.81. The summed E-state index contributed by atoms with van der Waals surface area (Å²) in [6, 6.07) is 0. The normalized spacial score (nSPS) is 12.0. The Morgan fingerprint density at radius 3 is 2.00 bits per heavy atom. The van der Waals surface area contributed by atoms with Crippen molar-refractivity contribution in [2.45, 2.75) is 12.5 Å². The number of hydrogen-bond acceptors (Lipinski definition) is 2. The molecule has 2 nitrogen and oxygen atoms in total. The number of hydrogen-bond donors (Lipinski definition) is 2. The first kappa shape index (κ1) is 5.92. The van der Waals surface area contributed by atoms with E-state index < -0.39 is 5.60 Å². The third kappa shape index (κ3) is 3.92. The van der Waals surface area contributed by atoms with Gasteiger partial charge in [0.1, 0.15) is 0 Å². The van der Waals surface area contributed by atoms with Crippen molar-refractivity contribution in [1.29, 1.82) is 0 Å². The van der Waals surface area contributed by atoms with Crippen LogP contribution >= 0.6 is 0 Å². The highest BCUT2D eigenvalue weighted by Gasteiger charge is 2.07. The fraction of sp³-hybridized carbons (Fsp3) is 0.750. The second-order valence-corrected chi connectivity index (χ2v) is 1.66. The second kappa shape index (κ2) is 1.58. The average molecular weight is 89.1 g/mol. The topological polar surface area (TPSA) is 40.5 Å². The van der Waals surface area contributed by atoms with Gasteiger partial charge >= 0.3 is 0 Å². The first-order valence-corrected chi connectivity index (χ1v) is 1.75. The molecule has 0 saturated carbocycles. The minimum atomic E-state index is -1.15. The van der Waals surface area contributed by atoms with Gasteiger partial charge in [-0.2, -0.15) is 0 Å². The Morgan fingerprint density at radius 1 is 1.83 bits per heavy atom. The first-order valence-electron chi connectivity index (χ1n) is 1.75. The van der Waals surface area contributed by atoms with Crippen LogP contribution in [-0.4, -0.2) is 22.4 Å². The molecule has 0 amide bonds. The monoisotopic (exact) mass is 89.1 g/mol. The van der Waals surface area contributed by atoms with Gasteiger partial charge in [-0.25, -0.2) is 0 Å². The van der Waals surface area contributed by atoms with Crippen LogP contribution in [0.25, 0.3) is 0 Å². The SMILES string of the molecule is [CH2]C(C)(O)CO. The maximum Gasteiger partial charge on any atom is 0.0850 e. The van der Waals surface area contributed by atoms with E-state index in [-0.39, 0.29) is 6.61 Å². The van der Waals surface area contributed by atoms with E-state index in [9.17, 15) is 0 Å². The van der Waals surface area contributed by atoms with Gasteiger partial charge in [0, 0.05) is 0 Å². The van der Waals surface area contributed by atoms with Gasteiger partial charge in [0.2, 0.25) is 0 Å². The smallest absolute Gasteiger partial charge is 0.0850 e. The van der Waals surface area contributed by atoms with E-state index in [1.165, 1.54) is 6.92 Å². The summed E-state index contributed by atoms with van der Waals surface area (Å²) in [7, 11) is 0. The van der Waals surface area contributed by atoms with Crippen LogP contribution in [0.1, 0.15) is 6.92 Å². The zero-order chi connectivity index (χ0) is 5.21. The van der Waals surface area contributed by atoms with Gasteiger partial charge in [-0.3, -0.25) is 0 Å². The molecule has 0 aromatic rings. The Morgan fingerprint density at radius 2 is 2.00 bits per heavy atom. The standard InChI is InChI=1S/C4H9O2/c1-4(2,6)3-5/h5-6H,1,3H2,2H3. The number of aliphatic hydroxyl groups is 2. The van der Waals surface area contributed by atoms with Gasteiger partial charge in [0.25, 0.3) is 0 Å². The maximum absolute atomic E-state index is 8.47. The average Bonchev–Trinajstić information content (AvgIpc) is 1.35. The molecule has 37 valence electrons. The summed E-state index contributed by atoms with van der Waals surface area (Å²) < 4.78 is 0. The molecule has 1 unspecified atom stereocenters. The van der Waals surface area contributed by atoms with Gasteiger partial charge in [-0.1, -0.05) is 0 Å². The van der Waals surface area contributed by atoms with Crippen molar-refractivity contribution in [1.82, 2.24) is 0 Å². The van der Waals surface area contributed by atoms with Gasteiger partial charge in [-0.05, 0) is 13.8 Å². The number of aliphatic hydroxyl groups excluding tert-OH is 1. The minimum absolute atomic E-state index is 0.285. The van der Waals surface area contributed by atoms with Crippen LogP contribution in [0.4, 0.5) is 0 Å². The molecule has 6 heavy (non-hydrogen) atoms. The summed E-state index contributed by atoms with van der Waals surface area (Å²) in [5.41, 5.74) is -1.15. The van der Waals surface area contributed by atoms with Gasteiger partial charge < -0.3 is 10.2 Å². The van der Waals surface area contributed by atoms with Crippen LogP contribution in [-0.2, 0) is 0 Å². The predicted molar refractivity (Wildman–Crippen MR) is 23.1 cm³/mol. The summed E-state index contributed by atoms with van der Waals surface area (Å²) >= 11 is 0. The maximum atomic E-state index is 8.47. The van der Waals surface area contributed by atoms with Crippen LogP contribution in [0.3, 0.4) is 0 Å². The van der Waals surface area contributed by atoms with Crippen molar-refractivity contribution in [2.24, 2.45) is 0 Å². The lowest BCUT2D eigenvalue weighted by atomic mass is 10.2. The molecule has 0 rings (SSSR count). The Labute approximate surface area is 37.4 Å². The lowest BCUT2D eigenvalue weighted by molar-refractivity contribution is 0.0410. The summed E-state index contributed by atoms with van der Waals surface area (Å²) in [6.45, 7) is 4.35. The van der Waals surface area contributed by atoms with Crippen molar-refractivity contribution in [3.05, 3.63) is 6.92 Å². The Balaban J connectivity index is 3.17. The van der Waals surface area contributed by atoms with E-state index in [0.29, 0.717) is 0 Å². The van der Waals surface area contributed by atoms with Crippen LogP contribution < -0.4 is 0 Å².